The van der Waals surface area contributed by atoms with Crippen LogP contribution < -0.4 is 15.8 Å². The molecule has 0 saturated heterocycles. The van der Waals surface area contributed by atoms with Crippen molar-refractivity contribution >= 4 is 59.1 Å². The highest BCUT2D eigenvalue weighted by Gasteiger charge is 2.36. The smallest absolute Gasteiger partial charge is 0.353 e. The van der Waals surface area contributed by atoms with E-state index in [0.29, 0.717) is 17.7 Å². The largest absolute Gasteiger partial charge is 0.478 e. The van der Waals surface area contributed by atoms with Gasteiger partial charge in [-0.2, -0.15) is 0 Å². The van der Waals surface area contributed by atoms with Crippen LogP contribution in [0.25, 0.3) is 0 Å². The zero-order valence-corrected chi connectivity index (χ0v) is 23.1. The third-order valence-electron chi connectivity index (χ3n) is 6.39. The Morgan fingerprint density at radius 2 is 1.65 bits per heavy atom. The van der Waals surface area contributed by atoms with Gasteiger partial charge in [0.1, 0.15) is 10.7 Å². The van der Waals surface area contributed by atoms with Crippen molar-refractivity contribution in [3.8, 4) is 5.75 Å². The van der Waals surface area contributed by atoms with Gasteiger partial charge in [-0.1, -0.05) is 13.8 Å². The van der Waals surface area contributed by atoms with Crippen molar-refractivity contribution < 1.29 is 38.5 Å². The highest BCUT2D eigenvalue weighted by molar-refractivity contribution is 7.14. The minimum Gasteiger partial charge on any atom is -0.478 e. The second kappa shape index (κ2) is 13.2. The van der Waals surface area contributed by atoms with Gasteiger partial charge in [0.15, 0.2) is 11.6 Å². The van der Waals surface area contributed by atoms with Crippen molar-refractivity contribution in [2.45, 2.75) is 33.1 Å². The number of carboxylic acid groups (broad SMARTS) is 2. The van der Waals surface area contributed by atoms with Gasteiger partial charge in [-0.25, -0.2) is 18.8 Å². The van der Waals surface area contributed by atoms with E-state index >= 15 is 0 Å². The second-order valence-corrected chi connectivity index (χ2v) is 9.87. The summed E-state index contributed by atoms with van der Waals surface area (Å²) in [6, 6.07) is 10.3. The number of amidine groups is 1. The maximum absolute atomic E-state index is 14.3. The number of hydrogen-bond acceptors (Lipinski definition) is 7. The first-order valence-electron chi connectivity index (χ1n) is 11.8. The van der Waals surface area contributed by atoms with Crippen molar-refractivity contribution in [3.05, 3.63) is 80.8 Å². The van der Waals surface area contributed by atoms with Crippen molar-refractivity contribution in [2.75, 3.05) is 5.32 Å². The summed E-state index contributed by atoms with van der Waals surface area (Å²) < 4.78 is 19.4. The molecule has 0 atom stereocenters. The van der Waals surface area contributed by atoms with E-state index in [1.807, 2.05) is 13.8 Å². The molecule has 1 aromatic heterocycles. The van der Waals surface area contributed by atoms with Crippen LogP contribution in [0.5, 0.6) is 5.75 Å². The minimum atomic E-state index is -1.44. The lowest BCUT2D eigenvalue weighted by molar-refractivity contribution is -0.126. The number of amides is 1. The zero-order chi connectivity index (χ0) is 28.9. The number of nitrogen functional groups attached to an aromatic ring is 1. The molecule has 212 valence electrons. The predicted molar refractivity (Wildman–Crippen MR) is 150 cm³/mol. The molecule has 0 fully saturated rings. The fourth-order valence-electron chi connectivity index (χ4n) is 3.97. The molecule has 1 heterocycles. The van der Waals surface area contributed by atoms with Crippen LogP contribution in [0.2, 0.25) is 0 Å². The molecule has 1 amide bonds. The topological polar surface area (TPSA) is 180 Å². The minimum absolute atomic E-state index is 0. The van der Waals surface area contributed by atoms with Crippen LogP contribution in [0.3, 0.4) is 0 Å². The first-order chi connectivity index (χ1) is 18.4. The normalized spacial score (nSPS) is 10.8. The van der Waals surface area contributed by atoms with Gasteiger partial charge in [0.25, 0.3) is 0 Å². The van der Waals surface area contributed by atoms with Crippen molar-refractivity contribution in [1.82, 2.24) is 0 Å². The molecule has 0 aliphatic rings. The molecule has 10 nitrogen and oxygen atoms in total. The molecule has 0 aliphatic heterocycles. The van der Waals surface area contributed by atoms with Gasteiger partial charge in [-0.05, 0) is 67.8 Å². The fraction of sp³-hybridized carbons (Fsp3) is 0.222. The predicted octanol–water partition coefficient (Wildman–Crippen LogP) is 5.20. The Bertz CT molecular complexity index is 1470. The molecule has 3 rings (SSSR count). The number of aromatic carboxylic acids is 2. The molecule has 6 N–H and O–H groups in total. The van der Waals surface area contributed by atoms with Crippen LogP contribution in [0, 0.1) is 16.6 Å². The van der Waals surface area contributed by atoms with Crippen LogP contribution in [-0.4, -0.2) is 39.9 Å². The summed E-state index contributed by atoms with van der Waals surface area (Å²) in [7, 11) is 0. The highest BCUT2D eigenvalue weighted by Crippen LogP contribution is 2.35. The van der Waals surface area contributed by atoms with Gasteiger partial charge in [-0.15, -0.1) is 23.7 Å². The molecule has 0 radical (unpaired) electrons. The maximum Gasteiger partial charge on any atom is 0.353 e. The SMILES string of the molecule is CCC(CC)(Cc1ccc(C(=O)Oc2ccc(C(=N)N)cc2F)s1)C(=O)Nc1ccc(C(=O)O)c(C(=O)O)c1.Cl. The van der Waals surface area contributed by atoms with Crippen LogP contribution in [0.4, 0.5) is 10.1 Å². The van der Waals surface area contributed by atoms with Gasteiger partial charge in [0.05, 0.1) is 16.5 Å². The number of anilines is 1. The summed E-state index contributed by atoms with van der Waals surface area (Å²) in [5, 5.41) is 28.6. The fourth-order valence-corrected chi connectivity index (χ4v) is 5.00. The molecular formula is C27H27ClFN3O7S. The molecule has 40 heavy (non-hydrogen) atoms. The van der Waals surface area contributed by atoms with Crippen molar-refractivity contribution in [2.24, 2.45) is 11.1 Å². The van der Waals surface area contributed by atoms with Gasteiger partial charge < -0.3 is 26.0 Å². The van der Waals surface area contributed by atoms with E-state index in [-0.39, 0.29) is 46.5 Å². The molecule has 13 heteroatoms. The van der Waals surface area contributed by atoms with E-state index in [9.17, 15) is 33.8 Å². The summed E-state index contributed by atoms with van der Waals surface area (Å²) in [5.41, 5.74) is 3.86. The number of halogens is 2. The summed E-state index contributed by atoms with van der Waals surface area (Å²) >= 11 is 1.09. The lowest BCUT2D eigenvalue weighted by Gasteiger charge is -2.30. The molecule has 3 aromatic rings. The molecule has 0 aliphatic carbocycles. The number of ether oxygens (including phenoxy) is 1. The quantitative estimate of drug-likeness (QED) is 0.0873. The Labute approximate surface area is 238 Å². The van der Waals surface area contributed by atoms with Gasteiger partial charge >= 0.3 is 17.9 Å². The first kappa shape index (κ1) is 31.9. The molecular weight excluding hydrogens is 565 g/mol. The average Bonchev–Trinajstić information content (AvgIpc) is 3.36. The number of hydrogen-bond donors (Lipinski definition) is 5. The monoisotopic (exact) mass is 591 g/mol. The van der Waals surface area contributed by atoms with Crippen molar-refractivity contribution in [1.29, 1.82) is 5.41 Å². The number of thiophene rings is 1. The van der Waals surface area contributed by atoms with Gasteiger partial charge in [0, 0.05) is 16.1 Å². The van der Waals surface area contributed by atoms with Crippen LogP contribution in [0.1, 0.15) is 67.5 Å². The van der Waals surface area contributed by atoms with E-state index in [1.165, 1.54) is 24.3 Å². The molecule has 0 saturated carbocycles. The van der Waals surface area contributed by atoms with E-state index in [4.69, 9.17) is 15.9 Å². The van der Waals surface area contributed by atoms with E-state index in [2.05, 4.69) is 5.32 Å². The highest BCUT2D eigenvalue weighted by atomic mass is 35.5. The number of carbonyl (C=O) groups excluding carboxylic acids is 2. The summed E-state index contributed by atoms with van der Waals surface area (Å²) in [6.07, 6.45) is 1.09. The standard InChI is InChI=1S/C27H26FN3O7S.ClH/c1-3-27(4-2,26(37)31-15-6-8-17(23(32)33)18(12-15)24(34)35)13-16-7-10-21(39-16)25(36)38-20-9-5-14(22(29)30)11-19(20)28;/h5-12H,3-4,13H2,1-2H3,(H3,29,30)(H,31,37)(H,32,33)(H,34,35);1H. The Morgan fingerprint density at radius 1 is 1.00 bits per heavy atom. The number of nitrogens with two attached hydrogens (primary N) is 1. The Kier molecular flexibility index (Phi) is 10.5. The van der Waals surface area contributed by atoms with Crippen LogP contribution >= 0.6 is 23.7 Å². The number of carbonyl (C=O) groups is 4. The van der Waals surface area contributed by atoms with E-state index in [1.54, 1.807) is 6.07 Å². The number of esters is 1. The average molecular weight is 592 g/mol. The number of benzene rings is 2. The maximum atomic E-state index is 14.3. The molecule has 0 unspecified atom stereocenters. The lowest BCUT2D eigenvalue weighted by Crippen LogP contribution is -2.37. The van der Waals surface area contributed by atoms with Crippen LogP contribution in [-0.2, 0) is 11.2 Å². The summed E-state index contributed by atoms with van der Waals surface area (Å²) in [6.45, 7) is 3.66. The number of rotatable bonds is 11. The van der Waals surface area contributed by atoms with E-state index in [0.717, 1.165) is 29.5 Å². The lowest BCUT2D eigenvalue weighted by atomic mass is 9.77. The van der Waals surface area contributed by atoms with Gasteiger partial charge in [0.2, 0.25) is 5.91 Å². The second-order valence-electron chi connectivity index (χ2n) is 8.70. The van der Waals surface area contributed by atoms with Crippen LogP contribution in [0.15, 0.2) is 48.5 Å². The molecule has 0 spiro atoms. The summed E-state index contributed by atoms with van der Waals surface area (Å²) in [4.78, 5) is 49.7. The van der Waals surface area contributed by atoms with Crippen molar-refractivity contribution in [3.63, 3.8) is 0 Å². The van der Waals surface area contributed by atoms with E-state index < -0.39 is 46.2 Å². The first-order valence-corrected chi connectivity index (χ1v) is 12.6. The third-order valence-corrected chi connectivity index (χ3v) is 7.46. The Balaban J connectivity index is 0.00000560. The molecule has 2 aromatic carbocycles. The zero-order valence-electron chi connectivity index (χ0n) is 21.4. The third kappa shape index (κ3) is 7.01. The molecule has 0 bridgehead atoms. The Hall–Kier alpha value is -4.29. The van der Waals surface area contributed by atoms with Gasteiger partial charge in [-0.3, -0.25) is 10.2 Å². The summed E-state index contributed by atoms with van der Waals surface area (Å²) in [5.74, 6) is -5.50. The number of carboxylic acids is 2. The Morgan fingerprint density at radius 3 is 2.20 bits per heavy atom. The number of nitrogens with one attached hydrogen (secondary N) is 2.